The van der Waals surface area contributed by atoms with Gasteiger partial charge in [-0.3, -0.25) is 0 Å². The van der Waals surface area contributed by atoms with Crippen molar-refractivity contribution in [3.8, 4) is 5.75 Å². The lowest BCUT2D eigenvalue weighted by Crippen LogP contribution is -2.05. The molecule has 3 rings (SSSR count). The number of aromatic nitrogens is 1. The normalized spacial score (nSPS) is 12.6. The van der Waals surface area contributed by atoms with E-state index in [9.17, 15) is 10.1 Å². The first-order valence-electron chi connectivity index (χ1n) is 6.42. The van der Waals surface area contributed by atoms with Gasteiger partial charge in [-0.15, -0.1) is 0 Å². The Hall–Kier alpha value is -2.15. The van der Waals surface area contributed by atoms with Gasteiger partial charge in [0.2, 0.25) is 0 Å². The lowest BCUT2D eigenvalue weighted by Gasteiger charge is -2.11. The number of hydrogen-bond acceptors (Lipinski definition) is 5. The maximum atomic E-state index is 10.9. The largest absolute Gasteiger partial charge is 0.493 e. The van der Waals surface area contributed by atoms with E-state index in [1.54, 1.807) is 12.1 Å². The third-order valence-electron chi connectivity index (χ3n) is 3.25. The minimum absolute atomic E-state index is 0.176. The van der Waals surface area contributed by atoms with Crippen LogP contribution in [-0.4, -0.2) is 16.5 Å². The number of nitro groups is 1. The third-order valence-corrected chi connectivity index (χ3v) is 3.71. The van der Waals surface area contributed by atoms with Gasteiger partial charge in [0.1, 0.15) is 17.6 Å². The zero-order valence-corrected chi connectivity index (χ0v) is 12.6. The van der Waals surface area contributed by atoms with E-state index in [0.717, 1.165) is 27.8 Å². The first kappa shape index (κ1) is 13.8. The number of halogens is 1. The quantitative estimate of drug-likeness (QED) is 0.676. The summed E-state index contributed by atoms with van der Waals surface area (Å²) in [5.41, 5.74) is 2.52. The first-order valence-corrected chi connectivity index (χ1v) is 7.22. The molecule has 0 aliphatic carbocycles. The van der Waals surface area contributed by atoms with Gasteiger partial charge >= 0.3 is 5.82 Å². The Balaban J connectivity index is 1.85. The molecule has 2 aromatic rings. The van der Waals surface area contributed by atoms with Crippen LogP contribution in [0.25, 0.3) is 0 Å². The molecule has 1 aliphatic heterocycles. The monoisotopic (exact) mass is 349 g/mol. The lowest BCUT2D eigenvalue weighted by molar-refractivity contribution is -0.388. The van der Waals surface area contributed by atoms with Gasteiger partial charge in [-0.25, -0.2) is 0 Å². The van der Waals surface area contributed by atoms with Gasteiger partial charge in [0.25, 0.3) is 0 Å². The fourth-order valence-corrected chi connectivity index (χ4v) is 2.90. The topological polar surface area (TPSA) is 77.3 Å². The summed E-state index contributed by atoms with van der Waals surface area (Å²) in [5, 5.41) is 14.0. The summed E-state index contributed by atoms with van der Waals surface area (Å²) < 4.78 is 6.62. The number of fused-ring (bicyclic) bond motifs is 1. The number of ether oxygens (including phenoxy) is 1. The highest BCUT2D eigenvalue weighted by Crippen LogP contribution is 2.33. The zero-order chi connectivity index (χ0) is 14.8. The third kappa shape index (κ3) is 2.82. The van der Waals surface area contributed by atoms with Crippen LogP contribution in [0.5, 0.6) is 5.75 Å². The van der Waals surface area contributed by atoms with E-state index in [-0.39, 0.29) is 5.82 Å². The molecule has 0 radical (unpaired) electrons. The molecule has 0 spiro atoms. The van der Waals surface area contributed by atoms with E-state index >= 15 is 0 Å². The highest BCUT2D eigenvalue weighted by atomic mass is 79.9. The van der Waals surface area contributed by atoms with Crippen LogP contribution >= 0.6 is 15.9 Å². The van der Waals surface area contributed by atoms with E-state index in [1.165, 1.54) is 6.20 Å². The van der Waals surface area contributed by atoms with Gasteiger partial charge < -0.3 is 20.2 Å². The van der Waals surface area contributed by atoms with Gasteiger partial charge in [-0.1, -0.05) is 15.9 Å². The number of rotatable bonds is 4. The van der Waals surface area contributed by atoms with Crippen molar-refractivity contribution in [1.29, 1.82) is 0 Å². The lowest BCUT2D eigenvalue weighted by atomic mass is 10.1. The van der Waals surface area contributed by atoms with Gasteiger partial charge in [0.05, 0.1) is 6.61 Å². The Bertz CT molecular complexity index is 706. The van der Waals surface area contributed by atoms with Crippen molar-refractivity contribution in [2.45, 2.75) is 13.0 Å². The molecule has 1 aromatic carbocycles. The number of benzene rings is 1. The van der Waals surface area contributed by atoms with Crippen LogP contribution in [0.3, 0.4) is 0 Å². The van der Waals surface area contributed by atoms with Crippen LogP contribution in [0.2, 0.25) is 0 Å². The molecule has 0 fully saturated rings. The molecule has 108 valence electrons. The molecule has 2 heterocycles. The maximum Gasteiger partial charge on any atom is 0.386 e. The second kappa shape index (κ2) is 5.69. The standard InChI is InChI=1S/C14H12BrN3O3/c15-11-6-9-3-5-21-13(9)10(7-11)8-17-12-2-1-4-16-14(12)18(19)20/h1-2,4,6-7,17H,3,5,8H2. The maximum absolute atomic E-state index is 10.9. The summed E-state index contributed by atoms with van der Waals surface area (Å²) in [5.74, 6) is 0.697. The fraction of sp³-hybridized carbons (Fsp3) is 0.214. The molecule has 0 saturated carbocycles. The van der Waals surface area contributed by atoms with E-state index in [1.807, 2.05) is 12.1 Å². The van der Waals surface area contributed by atoms with Gasteiger partial charge in [0.15, 0.2) is 0 Å². The summed E-state index contributed by atoms with van der Waals surface area (Å²) in [6.45, 7) is 1.11. The van der Waals surface area contributed by atoms with Crippen molar-refractivity contribution in [2.75, 3.05) is 11.9 Å². The molecule has 0 unspecified atom stereocenters. The molecule has 0 amide bonds. The minimum atomic E-state index is -0.496. The van der Waals surface area contributed by atoms with Crippen molar-refractivity contribution >= 4 is 27.4 Å². The van der Waals surface area contributed by atoms with Crippen LogP contribution in [0.15, 0.2) is 34.9 Å². The molecule has 1 aliphatic rings. The average Bonchev–Trinajstić information content (AvgIpc) is 2.93. The van der Waals surface area contributed by atoms with Crippen molar-refractivity contribution < 1.29 is 9.66 Å². The molecule has 21 heavy (non-hydrogen) atoms. The van der Waals surface area contributed by atoms with Crippen molar-refractivity contribution in [1.82, 2.24) is 4.98 Å². The number of nitrogens with zero attached hydrogens (tertiary/aromatic N) is 2. The van der Waals surface area contributed by atoms with Crippen molar-refractivity contribution in [3.63, 3.8) is 0 Å². The highest BCUT2D eigenvalue weighted by Gasteiger charge is 2.19. The van der Waals surface area contributed by atoms with E-state index < -0.39 is 4.92 Å². The molecule has 1 N–H and O–H groups in total. The highest BCUT2D eigenvalue weighted by molar-refractivity contribution is 9.10. The Morgan fingerprint density at radius 3 is 3.14 bits per heavy atom. The average molecular weight is 350 g/mol. The Morgan fingerprint density at radius 2 is 2.33 bits per heavy atom. The number of pyridine rings is 1. The summed E-state index contributed by atoms with van der Waals surface area (Å²) in [4.78, 5) is 14.2. The summed E-state index contributed by atoms with van der Waals surface area (Å²) in [7, 11) is 0. The summed E-state index contributed by atoms with van der Waals surface area (Å²) in [6.07, 6.45) is 2.29. The number of hydrogen-bond donors (Lipinski definition) is 1. The minimum Gasteiger partial charge on any atom is -0.493 e. The zero-order valence-electron chi connectivity index (χ0n) is 11.0. The van der Waals surface area contributed by atoms with Crippen LogP contribution in [0, 0.1) is 10.1 Å². The smallest absolute Gasteiger partial charge is 0.386 e. The van der Waals surface area contributed by atoms with E-state index in [2.05, 4.69) is 26.2 Å². The molecule has 0 bridgehead atoms. The Labute approximate surface area is 129 Å². The Kier molecular flexibility index (Phi) is 3.74. The fourth-order valence-electron chi connectivity index (χ4n) is 2.35. The molecular formula is C14H12BrN3O3. The molecule has 1 aromatic heterocycles. The van der Waals surface area contributed by atoms with E-state index in [4.69, 9.17) is 4.74 Å². The second-order valence-electron chi connectivity index (χ2n) is 4.64. The second-order valence-corrected chi connectivity index (χ2v) is 5.55. The van der Waals surface area contributed by atoms with Crippen molar-refractivity contribution in [3.05, 3.63) is 56.2 Å². The van der Waals surface area contributed by atoms with Crippen LogP contribution in [0.4, 0.5) is 11.5 Å². The molecule has 0 atom stereocenters. The van der Waals surface area contributed by atoms with Crippen LogP contribution in [0.1, 0.15) is 11.1 Å². The molecule has 0 saturated heterocycles. The first-order chi connectivity index (χ1) is 10.1. The number of anilines is 1. The van der Waals surface area contributed by atoms with Crippen LogP contribution < -0.4 is 10.1 Å². The molecule has 7 heteroatoms. The van der Waals surface area contributed by atoms with Gasteiger partial charge in [0, 0.05) is 23.0 Å². The SMILES string of the molecule is O=[N+]([O-])c1ncccc1NCc1cc(Br)cc2c1OCC2. The Morgan fingerprint density at radius 1 is 1.48 bits per heavy atom. The summed E-state index contributed by atoms with van der Waals surface area (Å²) in [6, 6.07) is 7.30. The van der Waals surface area contributed by atoms with Gasteiger partial charge in [-0.05, 0) is 39.7 Å². The number of nitrogens with one attached hydrogen (secondary N) is 1. The predicted molar refractivity (Wildman–Crippen MR) is 81.6 cm³/mol. The predicted octanol–water partition coefficient (Wildman–Crippen LogP) is 3.30. The summed E-state index contributed by atoms with van der Waals surface area (Å²) >= 11 is 3.48. The van der Waals surface area contributed by atoms with Gasteiger partial charge in [-0.2, -0.15) is 0 Å². The van der Waals surface area contributed by atoms with Crippen molar-refractivity contribution in [2.24, 2.45) is 0 Å². The van der Waals surface area contributed by atoms with Crippen LogP contribution in [-0.2, 0) is 13.0 Å². The van der Waals surface area contributed by atoms with E-state index in [0.29, 0.717) is 18.8 Å². The molecule has 6 nitrogen and oxygen atoms in total. The molecular weight excluding hydrogens is 338 g/mol.